The monoisotopic (exact) mass is 797 g/mol. The number of benzene rings is 4. The SMILES string of the molecule is CNc1cc(COc2nc(OCc3cccc(-c4cccc(-c5ccc(OCCNCCO)cc5)c4C)c3C)c(Cl)cc2CN[C@@](C)(CO)C(=O)O)cc(NC)c1. The molecule has 4 aromatic carbocycles. The number of ether oxygens (including phenoxy) is 3. The first-order chi connectivity index (χ1) is 27.5. The van der Waals surface area contributed by atoms with Crippen molar-refractivity contribution in [3.8, 4) is 39.8 Å². The number of carboxylic acid groups (broad SMARTS) is 1. The minimum absolute atomic E-state index is 0.00530. The number of aromatic nitrogens is 1. The van der Waals surface area contributed by atoms with E-state index in [2.05, 4.69) is 76.5 Å². The molecule has 0 aliphatic rings. The van der Waals surface area contributed by atoms with Crippen molar-refractivity contribution in [1.82, 2.24) is 15.6 Å². The second-order valence-electron chi connectivity index (χ2n) is 13.8. The molecule has 0 bridgehead atoms. The second kappa shape index (κ2) is 20.2. The van der Waals surface area contributed by atoms with E-state index >= 15 is 0 Å². The van der Waals surface area contributed by atoms with E-state index in [-0.39, 0.29) is 43.1 Å². The maximum absolute atomic E-state index is 11.9. The smallest absolute Gasteiger partial charge is 0.326 e. The van der Waals surface area contributed by atoms with Crippen molar-refractivity contribution in [1.29, 1.82) is 0 Å². The molecule has 0 aliphatic carbocycles. The van der Waals surface area contributed by atoms with Gasteiger partial charge in [0, 0.05) is 50.7 Å². The van der Waals surface area contributed by atoms with E-state index in [1.807, 2.05) is 56.6 Å². The molecule has 1 aromatic heterocycles. The molecule has 0 fully saturated rings. The normalized spacial score (nSPS) is 12.1. The van der Waals surface area contributed by atoms with Gasteiger partial charge in [-0.1, -0.05) is 60.1 Å². The van der Waals surface area contributed by atoms with E-state index in [0.29, 0.717) is 25.3 Å². The molecule has 5 aromatic rings. The highest BCUT2D eigenvalue weighted by molar-refractivity contribution is 6.31. The number of nitrogens with one attached hydrogen (secondary N) is 4. The van der Waals surface area contributed by atoms with Gasteiger partial charge in [-0.25, -0.2) is 0 Å². The van der Waals surface area contributed by atoms with Crippen LogP contribution in [-0.4, -0.2) is 78.8 Å². The molecule has 7 N–H and O–H groups in total. The van der Waals surface area contributed by atoms with Crippen molar-refractivity contribution >= 4 is 28.9 Å². The number of rotatable bonds is 21. The number of halogens is 1. The third-order valence-electron chi connectivity index (χ3n) is 9.82. The van der Waals surface area contributed by atoms with Crippen LogP contribution in [0.25, 0.3) is 22.3 Å². The van der Waals surface area contributed by atoms with Gasteiger partial charge in [0.05, 0.1) is 13.2 Å². The predicted molar refractivity (Wildman–Crippen MR) is 226 cm³/mol. The number of carboxylic acids is 1. The molecule has 0 saturated carbocycles. The number of aliphatic carboxylic acids is 1. The first kappa shape index (κ1) is 42.8. The zero-order chi connectivity index (χ0) is 41.0. The van der Waals surface area contributed by atoms with Crippen molar-refractivity contribution in [2.45, 2.75) is 46.1 Å². The Labute approximate surface area is 339 Å². The molecular weight excluding hydrogens is 746 g/mol. The standard InChI is InChI=1S/C44H52ClN5O7/c1-28-32(8-6-10-38(28)39-11-7-9-37(29(39)2)31-12-14-36(15-13-31)55-19-17-48-16-18-51)26-57-42-40(45)22-33(24-49-44(3,27-52)43(53)54)41(50-42)56-25-30-20-34(46-4)23-35(21-30)47-5/h6-15,20-23,46-49,51-52H,16-19,24-27H2,1-5H3,(H,53,54)/t44-/m0/s1. The Hall–Kier alpha value is -5.37. The number of aliphatic hydroxyl groups is 2. The van der Waals surface area contributed by atoms with Crippen LogP contribution in [-0.2, 0) is 24.6 Å². The Bertz CT molecular complexity index is 2110. The van der Waals surface area contributed by atoms with Gasteiger partial charge in [0.2, 0.25) is 11.8 Å². The molecule has 1 heterocycles. The number of pyridine rings is 1. The van der Waals surface area contributed by atoms with E-state index < -0.39 is 18.1 Å². The second-order valence-corrected chi connectivity index (χ2v) is 14.2. The first-order valence-corrected chi connectivity index (χ1v) is 19.1. The van der Waals surface area contributed by atoms with Crippen LogP contribution >= 0.6 is 11.6 Å². The number of aliphatic hydroxyl groups excluding tert-OH is 2. The van der Waals surface area contributed by atoms with Crippen molar-refractivity contribution < 1.29 is 34.3 Å². The lowest BCUT2D eigenvalue weighted by atomic mass is 9.89. The summed E-state index contributed by atoms with van der Waals surface area (Å²) in [4.78, 5) is 16.6. The molecule has 302 valence electrons. The summed E-state index contributed by atoms with van der Waals surface area (Å²) in [6, 6.07) is 28.0. The van der Waals surface area contributed by atoms with E-state index in [1.54, 1.807) is 6.07 Å². The number of carbonyl (C=O) groups is 1. The highest BCUT2D eigenvalue weighted by atomic mass is 35.5. The summed E-state index contributed by atoms with van der Waals surface area (Å²) >= 11 is 6.75. The summed E-state index contributed by atoms with van der Waals surface area (Å²) in [6.07, 6.45) is 0. The lowest BCUT2D eigenvalue weighted by molar-refractivity contribution is -0.145. The van der Waals surface area contributed by atoms with Crippen LogP contribution in [0.2, 0.25) is 5.02 Å². The summed E-state index contributed by atoms with van der Waals surface area (Å²) in [5.74, 6) is -0.0442. The summed E-state index contributed by atoms with van der Waals surface area (Å²) in [5.41, 5.74) is 9.07. The Kier molecular flexibility index (Phi) is 15.1. The number of hydrogen-bond acceptors (Lipinski definition) is 11. The van der Waals surface area contributed by atoms with Crippen LogP contribution in [0.15, 0.2) is 84.9 Å². The molecule has 1 atom stereocenters. The van der Waals surface area contributed by atoms with Crippen LogP contribution in [0, 0.1) is 13.8 Å². The Balaban J connectivity index is 1.37. The highest BCUT2D eigenvalue weighted by Crippen LogP contribution is 2.36. The quantitative estimate of drug-likeness (QED) is 0.0389. The minimum Gasteiger partial charge on any atom is -0.492 e. The van der Waals surface area contributed by atoms with Gasteiger partial charge in [-0.2, -0.15) is 4.98 Å². The molecule has 5 rings (SSSR count). The summed E-state index contributed by atoms with van der Waals surface area (Å²) in [6.45, 7) is 7.11. The van der Waals surface area contributed by atoms with Gasteiger partial charge in [0.15, 0.2) is 0 Å². The zero-order valence-corrected chi connectivity index (χ0v) is 33.8. The van der Waals surface area contributed by atoms with Gasteiger partial charge in [-0.15, -0.1) is 0 Å². The van der Waals surface area contributed by atoms with Crippen molar-refractivity contribution in [3.05, 3.63) is 118 Å². The Morgan fingerprint density at radius 2 is 1.42 bits per heavy atom. The topological polar surface area (TPSA) is 166 Å². The van der Waals surface area contributed by atoms with Crippen LogP contribution in [0.1, 0.15) is 34.7 Å². The maximum Gasteiger partial charge on any atom is 0.326 e. The number of nitrogens with zero attached hydrogens (tertiary/aromatic N) is 1. The van der Waals surface area contributed by atoms with E-state index in [4.69, 9.17) is 30.9 Å². The van der Waals surface area contributed by atoms with Crippen LogP contribution in [0.4, 0.5) is 11.4 Å². The van der Waals surface area contributed by atoms with Gasteiger partial charge in [0.1, 0.15) is 36.1 Å². The fourth-order valence-corrected chi connectivity index (χ4v) is 6.47. The molecule has 0 saturated heterocycles. The molecule has 0 spiro atoms. The summed E-state index contributed by atoms with van der Waals surface area (Å²) in [7, 11) is 3.67. The highest BCUT2D eigenvalue weighted by Gasteiger charge is 2.32. The molecule has 0 unspecified atom stereocenters. The average molecular weight is 798 g/mol. The Morgan fingerprint density at radius 1 is 0.772 bits per heavy atom. The van der Waals surface area contributed by atoms with E-state index in [0.717, 1.165) is 61.6 Å². The lowest BCUT2D eigenvalue weighted by Crippen LogP contribution is -2.52. The fraction of sp³-hybridized carbons (Fsp3) is 0.318. The number of anilines is 2. The molecular formula is C44H52ClN5O7. The van der Waals surface area contributed by atoms with Crippen LogP contribution in [0.3, 0.4) is 0 Å². The number of hydrogen-bond donors (Lipinski definition) is 7. The van der Waals surface area contributed by atoms with Crippen LogP contribution < -0.4 is 35.5 Å². The van der Waals surface area contributed by atoms with E-state index in [1.165, 1.54) is 6.92 Å². The van der Waals surface area contributed by atoms with Gasteiger partial charge in [-0.05, 0) is 102 Å². The molecule has 57 heavy (non-hydrogen) atoms. The first-order valence-electron chi connectivity index (χ1n) is 18.8. The molecule has 0 aliphatic heterocycles. The van der Waals surface area contributed by atoms with Gasteiger partial charge in [0.25, 0.3) is 0 Å². The third kappa shape index (κ3) is 10.9. The fourth-order valence-electron chi connectivity index (χ4n) is 6.25. The minimum atomic E-state index is -1.60. The predicted octanol–water partition coefficient (Wildman–Crippen LogP) is 6.81. The van der Waals surface area contributed by atoms with Gasteiger partial charge in [-0.3, -0.25) is 10.1 Å². The molecule has 13 heteroatoms. The van der Waals surface area contributed by atoms with E-state index in [9.17, 15) is 15.0 Å². The van der Waals surface area contributed by atoms with Crippen LogP contribution in [0.5, 0.6) is 17.5 Å². The third-order valence-corrected chi connectivity index (χ3v) is 10.1. The molecule has 0 amide bonds. The molecule has 0 radical (unpaired) electrons. The molecule has 12 nitrogen and oxygen atoms in total. The lowest BCUT2D eigenvalue weighted by Gasteiger charge is -2.24. The zero-order valence-electron chi connectivity index (χ0n) is 33.0. The van der Waals surface area contributed by atoms with Crippen molar-refractivity contribution in [2.75, 3.05) is 57.6 Å². The summed E-state index contributed by atoms with van der Waals surface area (Å²) < 4.78 is 18.4. The van der Waals surface area contributed by atoms with Crippen molar-refractivity contribution in [2.24, 2.45) is 0 Å². The van der Waals surface area contributed by atoms with Gasteiger partial charge >= 0.3 is 5.97 Å². The van der Waals surface area contributed by atoms with Crippen molar-refractivity contribution in [3.63, 3.8) is 0 Å². The average Bonchev–Trinajstić information content (AvgIpc) is 3.22. The largest absolute Gasteiger partial charge is 0.492 e. The maximum atomic E-state index is 11.9. The Morgan fingerprint density at radius 3 is 2.07 bits per heavy atom. The van der Waals surface area contributed by atoms with Gasteiger partial charge < -0.3 is 45.5 Å². The summed E-state index contributed by atoms with van der Waals surface area (Å²) in [5, 5.41) is 41.0.